The second-order valence-electron chi connectivity index (χ2n) is 3.22. The van der Waals surface area contributed by atoms with Crippen LogP contribution in [-0.4, -0.2) is 5.78 Å². The number of hydrogen-bond acceptors (Lipinski definition) is 2. The molecule has 0 radical (unpaired) electrons. The van der Waals surface area contributed by atoms with E-state index in [-0.39, 0.29) is 11.8 Å². The van der Waals surface area contributed by atoms with Gasteiger partial charge in [0.1, 0.15) is 5.78 Å². The van der Waals surface area contributed by atoms with E-state index in [2.05, 4.69) is 0 Å². The molecule has 1 atom stereocenters. The van der Waals surface area contributed by atoms with Gasteiger partial charge in [-0.15, -0.1) is 0 Å². The summed E-state index contributed by atoms with van der Waals surface area (Å²) in [6.07, 6.45) is 1.06. The van der Waals surface area contributed by atoms with Crippen LogP contribution < -0.4 is 5.73 Å². The van der Waals surface area contributed by atoms with Crippen molar-refractivity contribution in [1.82, 2.24) is 0 Å². The first-order valence-corrected chi connectivity index (χ1v) is 4.12. The number of benzene rings is 1. The van der Waals surface area contributed by atoms with Gasteiger partial charge in [-0.25, -0.2) is 0 Å². The Morgan fingerprint density at radius 1 is 1.33 bits per heavy atom. The Morgan fingerprint density at radius 3 is 2.92 bits per heavy atom. The summed E-state index contributed by atoms with van der Waals surface area (Å²) in [4.78, 5) is 11.2. The van der Waals surface area contributed by atoms with Crippen molar-refractivity contribution in [3.8, 4) is 0 Å². The second kappa shape index (κ2) is 2.72. The fraction of sp³-hybridized carbons (Fsp3) is 0.300. The molecule has 0 fully saturated rings. The third-order valence-corrected chi connectivity index (χ3v) is 2.29. The molecule has 0 amide bonds. The van der Waals surface area contributed by atoms with Gasteiger partial charge in [0.15, 0.2) is 0 Å². The molecule has 0 heterocycles. The van der Waals surface area contributed by atoms with Crippen LogP contribution in [0, 0.1) is 0 Å². The molecular weight excluding hydrogens is 150 g/mol. The van der Waals surface area contributed by atoms with Crippen LogP contribution in [0.15, 0.2) is 24.3 Å². The second-order valence-corrected chi connectivity index (χ2v) is 3.22. The first-order chi connectivity index (χ1) is 5.77. The minimum atomic E-state index is -0.0811. The number of carbonyl (C=O) groups excluding carboxylic acids is 1. The SMILES string of the molecule is NC1CC(=O)Cc2ccccc21. The summed E-state index contributed by atoms with van der Waals surface area (Å²) >= 11 is 0. The van der Waals surface area contributed by atoms with E-state index < -0.39 is 0 Å². The number of fused-ring (bicyclic) bond motifs is 1. The summed E-state index contributed by atoms with van der Waals surface area (Å²) in [7, 11) is 0. The number of nitrogens with two attached hydrogens (primary N) is 1. The molecule has 2 heteroatoms. The lowest BCUT2D eigenvalue weighted by Gasteiger charge is -2.20. The lowest BCUT2D eigenvalue weighted by atomic mass is 9.87. The highest BCUT2D eigenvalue weighted by Gasteiger charge is 2.21. The van der Waals surface area contributed by atoms with Crippen LogP contribution in [-0.2, 0) is 11.2 Å². The van der Waals surface area contributed by atoms with Crippen LogP contribution in [0.25, 0.3) is 0 Å². The van der Waals surface area contributed by atoms with Crippen LogP contribution in [0.5, 0.6) is 0 Å². The van der Waals surface area contributed by atoms with Gasteiger partial charge in [-0.1, -0.05) is 24.3 Å². The molecule has 2 rings (SSSR count). The van der Waals surface area contributed by atoms with E-state index in [1.807, 2.05) is 24.3 Å². The van der Waals surface area contributed by atoms with E-state index in [9.17, 15) is 4.79 Å². The van der Waals surface area contributed by atoms with E-state index in [1.165, 1.54) is 0 Å². The highest BCUT2D eigenvalue weighted by Crippen LogP contribution is 2.25. The maximum Gasteiger partial charge on any atom is 0.139 e. The summed E-state index contributed by atoms with van der Waals surface area (Å²) in [6.45, 7) is 0. The summed E-state index contributed by atoms with van der Waals surface area (Å²) < 4.78 is 0. The average molecular weight is 161 g/mol. The standard InChI is InChI=1S/C10H11NO/c11-10-6-8(12)5-7-3-1-2-4-9(7)10/h1-4,10H,5-6,11H2. The van der Waals surface area contributed by atoms with Gasteiger partial charge in [0.2, 0.25) is 0 Å². The molecule has 0 aliphatic heterocycles. The summed E-state index contributed by atoms with van der Waals surface area (Å²) in [5, 5.41) is 0. The minimum Gasteiger partial charge on any atom is -0.324 e. The van der Waals surface area contributed by atoms with E-state index >= 15 is 0 Å². The van der Waals surface area contributed by atoms with Crippen molar-refractivity contribution in [2.45, 2.75) is 18.9 Å². The molecule has 0 saturated carbocycles. The molecule has 0 spiro atoms. The number of ketones is 1. The molecule has 1 aromatic carbocycles. The molecule has 1 aromatic rings. The number of hydrogen-bond donors (Lipinski definition) is 1. The van der Waals surface area contributed by atoms with Crippen molar-refractivity contribution in [3.63, 3.8) is 0 Å². The molecule has 12 heavy (non-hydrogen) atoms. The maximum atomic E-state index is 11.2. The van der Waals surface area contributed by atoms with Gasteiger partial charge in [0.05, 0.1) is 0 Å². The Morgan fingerprint density at radius 2 is 2.08 bits per heavy atom. The monoisotopic (exact) mass is 161 g/mol. The van der Waals surface area contributed by atoms with Crippen LogP contribution in [0.4, 0.5) is 0 Å². The van der Waals surface area contributed by atoms with Crippen LogP contribution in [0.1, 0.15) is 23.6 Å². The Hall–Kier alpha value is -1.15. The zero-order chi connectivity index (χ0) is 8.55. The smallest absolute Gasteiger partial charge is 0.139 e. The predicted octanol–water partition coefficient (Wildman–Crippen LogP) is 1.20. The quantitative estimate of drug-likeness (QED) is 0.621. The van der Waals surface area contributed by atoms with Gasteiger partial charge in [-0.3, -0.25) is 4.79 Å². The number of Topliss-reactive ketones (excluding diaryl/α,β-unsaturated/α-hetero) is 1. The lowest BCUT2D eigenvalue weighted by Crippen LogP contribution is -2.23. The van der Waals surface area contributed by atoms with Crippen molar-refractivity contribution in [1.29, 1.82) is 0 Å². The third kappa shape index (κ3) is 1.14. The fourth-order valence-electron chi connectivity index (χ4n) is 1.70. The first-order valence-electron chi connectivity index (χ1n) is 4.12. The van der Waals surface area contributed by atoms with Crippen molar-refractivity contribution in [2.24, 2.45) is 5.73 Å². The normalized spacial score (nSPS) is 22.1. The van der Waals surface area contributed by atoms with E-state index in [0.29, 0.717) is 12.8 Å². The third-order valence-electron chi connectivity index (χ3n) is 2.29. The summed E-state index contributed by atoms with van der Waals surface area (Å²) in [6, 6.07) is 7.82. The molecule has 0 bridgehead atoms. The lowest BCUT2D eigenvalue weighted by molar-refractivity contribution is -0.119. The largest absolute Gasteiger partial charge is 0.324 e. The van der Waals surface area contributed by atoms with Gasteiger partial charge in [0, 0.05) is 18.9 Å². The molecule has 1 unspecified atom stereocenters. The molecular formula is C10H11NO. The summed E-state index contributed by atoms with van der Waals surface area (Å²) in [5.41, 5.74) is 8.05. The topological polar surface area (TPSA) is 43.1 Å². The fourth-order valence-corrected chi connectivity index (χ4v) is 1.70. The van der Waals surface area contributed by atoms with Crippen LogP contribution in [0.2, 0.25) is 0 Å². The molecule has 0 saturated heterocycles. The Labute approximate surface area is 71.4 Å². The zero-order valence-electron chi connectivity index (χ0n) is 6.79. The number of carbonyl (C=O) groups is 1. The van der Waals surface area contributed by atoms with Crippen molar-refractivity contribution >= 4 is 5.78 Å². The van der Waals surface area contributed by atoms with Crippen molar-refractivity contribution in [2.75, 3.05) is 0 Å². The average Bonchev–Trinajstić information content (AvgIpc) is 2.04. The predicted molar refractivity (Wildman–Crippen MR) is 46.7 cm³/mol. The van der Waals surface area contributed by atoms with Gasteiger partial charge in [-0.05, 0) is 11.1 Å². The van der Waals surface area contributed by atoms with Crippen LogP contribution in [0.3, 0.4) is 0 Å². The van der Waals surface area contributed by atoms with Gasteiger partial charge in [-0.2, -0.15) is 0 Å². The Bertz CT molecular complexity index is 319. The zero-order valence-corrected chi connectivity index (χ0v) is 6.79. The maximum absolute atomic E-state index is 11.2. The van der Waals surface area contributed by atoms with Crippen molar-refractivity contribution in [3.05, 3.63) is 35.4 Å². The molecule has 2 N–H and O–H groups in total. The highest BCUT2D eigenvalue weighted by atomic mass is 16.1. The van der Waals surface area contributed by atoms with Crippen LogP contribution >= 0.6 is 0 Å². The van der Waals surface area contributed by atoms with E-state index in [1.54, 1.807) is 0 Å². The minimum absolute atomic E-state index is 0.0811. The van der Waals surface area contributed by atoms with Gasteiger partial charge in [0.25, 0.3) is 0 Å². The van der Waals surface area contributed by atoms with Crippen molar-refractivity contribution < 1.29 is 4.79 Å². The molecule has 1 aliphatic carbocycles. The first kappa shape index (κ1) is 7.50. The van der Waals surface area contributed by atoms with Gasteiger partial charge >= 0.3 is 0 Å². The summed E-state index contributed by atoms with van der Waals surface area (Å²) in [5.74, 6) is 0.251. The molecule has 62 valence electrons. The Balaban J connectivity index is 2.47. The molecule has 2 nitrogen and oxygen atoms in total. The Kier molecular flexibility index (Phi) is 1.70. The van der Waals surface area contributed by atoms with E-state index in [0.717, 1.165) is 11.1 Å². The van der Waals surface area contributed by atoms with Gasteiger partial charge < -0.3 is 5.73 Å². The highest BCUT2D eigenvalue weighted by molar-refractivity contribution is 5.83. The molecule has 1 aliphatic rings. The number of rotatable bonds is 0. The molecule has 0 aromatic heterocycles. The van der Waals surface area contributed by atoms with E-state index in [4.69, 9.17) is 5.73 Å².